The smallest absolute Gasteiger partial charge is 0.135 e. The van der Waals surface area contributed by atoms with Crippen molar-refractivity contribution >= 4 is 43.7 Å². The minimum Gasteiger partial charge on any atom is -0.456 e. The van der Waals surface area contributed by atoms with Crippen LogP contribution in [0.25, 0.3) is 71.9 Å². The van der Waals surface area contributed by atoms with Crippen LogP contribution in [0.3, 0.4) is 0 Å². The summed E-state index contributed by atoms with van der Waals surface area (Å²) in [6.45, 7) is 0. The molecule has 3 heteroatoms. The van der Waals surface area contributed by atoms with E-state index in [1.807, 2.05) is 24.3 Å². The van der Waals surface area contributed by atoms with Gasteiger partial charge < -0.3 is 8.98 Å². The normalized spacial score (nSPS) is 11.7. The zero-order valence-corrected chi connectivity index (χ0v) is 20.5. The van der Waals surface area contributed by atoms with Gasteiger partial charge >= 0.3 is 0 Å². The first-order valence-electron chi connectivity index (χ1n) is 12.8. The van der Waals surface area contributed by atoms with Crippen molar-refractivity contribution in [3.8, 4) is 28.2 Å². The van der Waals surface area contributed by atoms with Crippen LogP contribution in [0, 0.1) is 0 Å². The van der Waals surface area contributed by atoms with Crippen LogP contribution in [0.5, 0.6) is 0 Å². The van der Waals surface area contributed by atoms with Crippen molar-refractivity contribution in [2.75, 3.05) is 0 Å². The molecule has 0 aliphatic carbocycles. The highest BCUT2D eigenvalue weighted by Gasteiger charge is 2.14. The summed E-state index contributed by atoms with van der Waals surface area (Å²) < 4.78 is 8.36. The van der Waals surface area contributed by atoms with Crippen LogP contribution in [0.1, 0.15) is 0 Å². The lowest BCUT2D eigenvalue weighted by Crippen LogP contribution is -1.93. The van der Waals surface area contributed by atoms with Gasteiger partial charge in [-0.1, -0.05) is 66.7 Å². The summed E-state index contributed by atoms with van der Waals surface area (Å²) in [4.78, 5) is 5.10. The van der Waals surface area contributed by atoms with Gasteiger partial charge in [0.2, 0.25) is 0 Å². The second kappa shape index (κ2) is 8.19. The number of pyridine rings is 1. The molecule has 0 fully saturated rings. The number of fused-ring (bicyclic) bond motifs is 6. The number of benzene rings is 5. The number of aromatic nitrogens is 2. The van der Waals surface area contributed by atoms with E-state index in [-0.39, 0.29) is 0 Å². The maximum atomic E-state index is 6.02. The average Bonchev–Trinajstić information content (AvgIpc) is 3.53. The molecule has 3 heterocycles. The van der Waals surface area contributed by atoms with Gasteiger partial charge in [-0.15, -0.1) is 0 Å². The molecule has 0 atom stereocenters. The van der Waals surface area contributed by atoms with Crippen LogP contribution in [0.4, 0.5) is 0 Å². The molecular weight excluding hydrogens is 464 g/mol. The summed E-state index contributed by atoms with van der Waals surface area (Å²) in [5, 5.41) is 4.70. The minimum atomic E-state index is 0.895. The Morgan fingerprint density at radius 1 is 0.447 bits per heavy atom. The number of hydrogen-bond donors (Lipinski definition) is 0. The molecule has 5 aromatic carbocycles. The van der Waals surface area contributed by atoms with E-state index in [9.17, 15) is 0 Å². The van der Waals surface area contributed by atoms with Crippen LogP contribution in [0.15, 0.2) is 138 Å². The lowest BCUT2D eigenvalue weighted by atomic mass is 10.0. The van der Waals surface area contributed by atoms with Crippen molar-refractivity contribution in [3.63, 3.8) is 0 Å². The predicted octanol–water partition coefficient (Wildman–Crippen LogP) is 9.41. The zero-order valence-electron chi connectivity index (χ0n) is 20.5. The van der Waals surface area contributed by atoms with Crippen molar-refractivity contribution in [3.05, 3.63) is 133 Å². The molecule has 0 saturated carbocycles. The second-order valence-corrected chi connectivity index (χ2v) is 9.64. The van der Waals surface area contributed by atoms with Gasteiger partial charge in [-0.3, -0.25) is 0 Å². The molecule has 0 aliphatic rings. The number of furan rings is 1. The molecule has 0 bridgehead atoms. The molecule has 8 rings (SSSR count). The Kier molecular flexibility index (Phi) is 4.52. The molecule has 0 aliphatic heterocycles. The number of para-hydroxylation sites is 3. The third kappa shape index (κ3) is 3.19. The monoisotopic (exact) mass is 486 g/mol. The third-order valence-electron chi connectivity index (χ3n) is 7.40. The van der Waals surface area contributed by atoms with Crippen LogP contribution in [-0.4, -0.2) is 9.55 Å². The lowest BCUT2D eigenvalue weighted by Gasteiger charge is -2.08. The average molecular weight is 487 g/mol. The van der Waals surface area contributed by atoms with Crippen molar-refractivity contribution in [2.24, 2.45) is 0 Å². The SMILES string of the molecule is c1ccc(-n2c3ccccc3c3cc(-c4cccc(-c5ccc6oc7ccccc7c6c5)n4)ccc32)cc1. The highest BCUT2D eigenvalue weighted by Crippen LogP contribution is 2.36. The van der Waals surface area contributed by atoms with Gasteiger partial charge in [0, 0.05) is 38.4 Å². The van der Waals surface area contributed by atoms with E-state index in [1.165, 1.54) is 21.8 Å². The molecule has 0 saturated heterocycles. The Morgan fingerprint density at radius 2 is 1.08 bits per heavy atom. The lowest BCUT2D eigenvalue weighted by molar-refractivity contribution is 0.669. The van der Waals surface area contributed by atoms with Gasteiger partial charge in [0.1, 0.15) is 11.2 Å². The standard InChI is InChI=1S/C35H22N2O/c1-2-9-25(10-3-1)37-32-15-6-4-11-26(32)28-21-23(17-19-33(28)37)30-13-8-14-31(36-30)24-18-20-35-29(22-24)27-12-5-7-16-34(27)38-35/h1-22H. The summed E-state index contributed by atoms with van der Waals surface area (Å²) in [7, 11) is 0. The van der Waals surface area contributed by atoms with E-state index < -0.39 is 0 Å². The molecule has 0 spiro atoms. The maximum Gasteiger partial charge on any atom is 0.135 e. The van der Waals surface area contributed by atoms with Crippen LogP contribution in [0.2, 0.25) is 0 Å². The Morgan fingerprint density at radius 3 is 1.92 bits per heavy atom. The van der Waals surface area contributed by atoms with Crippen molar-refractivity contribution in [1.82, 2.24) is 9.55 Å². The summed E-state index contributed by atoms with van der Waals surface area (Å²) in [6.07, 6.45) is 0. The molecule has 3 aromatic heterocycles. The molecule has 0 amide bonds. The number of nitrogens with zero attached hydrogens (tertiary/aromatic N) is 2. The van der Waals surface area contributed by atoms with Gasteiger partial charge in [0.05, 0.1) is 22.4 Å². The molecule has 8 aromatic rings. The first-order chi connectivity index (χ1) is 18.8. The molecule has 38 heavy (non-hydrogen) atoms. The van der Waals surface area contributed by atoms with Crippen molar-refractivity contribution < 1.29 is 4.42 Å². The van der Waals surface area contributed by atoms with Gasteiger partial charge in [-0.05, 0) is 66.7 Å². The number of rotatable bonds is 3. The molecule has 0 unspecified atom stereocenters. The fourth-order valence-corrected chi connectivity index (χ4v) is 5.63. The number of hydrogen-bond acceptors (Lipinski definition) is 2. The molecular formula is C35H22N2O. The minimum absolute atomic E-state index is 0.895. The molecule has 0 N–H and O–H groups in total. The second-order valence-electron chi connectivity index (χ2n) is 9.64. The van der Waals surface area contributed by atoms with E-state index in [4.69, 9.17) is 9.40 Å². The van der Waals surface area contributed by atoms with E-state index in [0.717, 1.165) is 50.1 Å². The Hall–Kier alpha value is -5.15. The quantitative estimate of drug-likeness (QED) is 0.249. The summed E-state index contributed by atoms with van der Waals surface area (Å²) in [6, 6.07) is 46.6. The van der Waals surface area contributed by atoms with Gasteiger partial charge in [-0.25, -0.2) is 4.98 Å². The first-order valence-corrected chi connectivity index (χ1v) is 12.8. The highest BCUT2D eigenvalue weighted by molar-refractivity contribution is 6.10. The Balaban J connectivity index is 1.27. The molecule has 3 nitrogen and oxygen atoms in total. The Labute approximate surface area is 219 Å². The van der Waals surface area contributed by atoms with Crippen LogP contribution >= 0.6 is 0 Å². The Bertz CT molecular complexity index is 2130. The summed E-state index contributed by atoms with van der Waals surface area (Å²) in [5.41, 5.74) is 9.43. The predicted molar refractivity (Wildman–Crippen MR) is 157 cm³/mol. The fraction of sp³-hybridized carbons (Fsp3) is 0. The van der Waals surface area contributed by atoms with Crippen LogP contribution < -0.4 is 0 Å². The highest BCUT2D eigenvalue weighted by atomic mass is 16.3. The van der Waals surface area contributed by atoms with Crippen molar-refractivity contribution in [2.45, 2.75) is 0 Å². The van der Waals surface area contributed by atoms with Gasteiger partial charge in [0.15, 0.2) is 0 Å². The van der Waals surface area contributed by atoms with Gasteiger partial charge in [0.25, 0.3) is 0 Å². The maximum absolute atomic E-state index is 6.02. The topological polar surface area (TPSA) is 31.0 Å². The zero-order chi connectivity index (χ0) is 25.1. The van der Waals surface area contributed by atoms with E-state index in [1.54, 1.807) is 0 Å². The summed E-state index contributed by atoms with van der Waals surface area (Å²) >= 11 is 0. The van der Waals surface area contributed by atoms with Gasteiger partial charge in [-0.2, -0.15) is 0 Å². The largest absolute Gasteiger partial charge is 0.456 e. The van der Waals surface area contributed by atoms with E-state index >= 15 is 0 Å². The van der Waals surface area contributed by atoms with Crippen LogP contribution in [-0.2, 0) is 0 Å². The fourth-order valence-electron chi connectivity index (χ4n) is 5.63. The van der Waals surface area contributed by atoms with E-state index in [2.05, 4.69) is 114 Å². The van der Waals surface area contributed by atoms with Crippen molar-refractivity contribution in [1.29, 1.82) is 0 Å². The first kappa shape index (κ1) is 21.0. The molecule has 178 valence electrons. The summed E-state index contributed by atoms with van der Waals surface area (Å²) in [5.74, 6) is 0. The third-order valence-corrected chi connectivity index (χ3v) is 7.40. The van der Waals surface area contributed by atoms with E-state index in [0.29, 0.717) is 0 Å². The molecule has 0 radical (unpaired) electrons.